The summed E-state index contributed by atoms with van der Waals surface area (Å²) < 4.78 is 0. The van der Waals surface area contributed by atoms with Crippen LogP contribution in [-0.2, 0) is 5.41 Å². The van der Waals surface area contributed by atoms with Crippen LogP contribution in [0.25, 0.3) is 0 Å². The van der Waals surface area contributed by atoms with Gasteiger partial charge in [0.1, 0.15) is 17.4 Å². The average Bonchev–Trinajstić information content (AvgIpc) is 3.55. The van der Waals surface area contributed by atoms with E-state index in [1.165, 1.54) is 6.34 Å². The zero-order chi connectivity index (χ0) is 21.5. The van der Waals surface area contributed by atoms with Gasteiger partial charge in [0, 0.05) is 24.3 Å². The topological polar surface area (TPSA) is 106 Å². The van der Waals surface area contributed by atoms with Crippen molar-refractivity contribution in [2.24, 2.45) is 5.92 Å². The summed E-state index contributed by atoms with van der Waals surface area (Å²) in [7, 11) is 1.74. The Morgan fingerprint density at radius 1 is 1.27 bits per heavy atom. The van der Waals surface area contributed by atoms with Crippen LogP contribution in [0.1, 0.15) is 66.1 Å². The lowest BCUT2D eigenvalue weighted by Gasteiger charge is -2.48. The van der Waals surface area contributed by atoms with Crippen molar-refractivity contribution in [2.45, 2.75) is 50.9 Å². The molecular weight excluding hydrogens is 376 g/mol. The number of aryl methyl sites for hydroxylation is 1. The fraction of sp³-hybridized carbons (Fsp3) is 0.435. The van der Waals surface area contributed by atoms with Crippen molar-refractivity contribution in [3.05, 3.63) is 53.1 Å². The highest BCUT2D eigenvalue weighted by atomic mass is 16.1. The van der Waals surface area contributed by atoms with Crippen LogP contribution in [-0.4, -0.2) is 40.0 Å². The lowest BCUT2D eigenvalue weighted by atomic mass is 9.58. The van der Waals surface area contributed by atoms with Gasteiger partial charge in [0.25, 0.3) is 5.91 Å². The molecule has 0 bridgehead atoms. The fourth-order valence-electron chi connectivity index (χ4n) is 4.42. The van der Waals surface area contributed by atoms with Gasteiger partial charge in [0.05, 0.1) is 11.8 Å². The summed E-state index contributed by atoms with van der Waals surface area (Å²) in [6, 6.07) is 9.44. The molecule has 2 saturated carbocycles. The van der Waals surface area contributed by atoms with Gasteiger partial charge < -0.3 is 10.2 Å². The first kappa shape index (κ1) is 20.2. The maximum atomic E-state index is 12.9. The second-order valence-corrected chi connectivity index (χ2v) is 8.75. The number of aromatic nitrogens is 2. The number of rotatable bonds is 6. The number of anilines is 1. The molecule has 2 aromatic rings. The van der Waals surface area contributed by atoms with Crippen LogP contribution in [0.4, 0.5) is 5.69 Å². The van der Waals surface area contributed by atoms with E-state index in [1.54, 1.807) is 18.0 Å². The number of nitrogens with zero attached hydrogens (tertiary/aromatic N) is 3. The van der Waals surface area contributed by atoms with Crippen LogP contribution in [0, 0.1) is 23.7 Å². The van der Waals surface area contributed by atoms with Gasteiger partial charge in [-0.1, -0.05) is 19.1 Å². The molecular formula is C23H28N6O. The normalized spacial score (nSPS) is 22.7. The summed E-state index contributed by atoms with van der Waals surface area (Å²) in [5.41, 5.74) is 2.45. The molecule has 2 fully saturated rings. The second kappa shape index (κ2) is 7.63. The van der Waals surface area contributed by atoms with E-state index in [0.717, 1.165) is 42.8 Å². The monoisotopic (exact) mass is 404 g/mol. The summed E-state index contributed by atoms with van der Waals surface area (Å²) in [5, 5.41) is 19.1. The number of amides is 1. The number of carbonyl (C=O) groups excluding carboxylic acids is 1. The molecule has 156 valence electrons. The summed E-state index contributed by atoms with van der Waals surface area (Å²) in [6.45, 7) is 4.06. The molecule has 7 heteroatoms. The van der Waals surface area contributed by atoms with Crippen LogP contribution >= 0.6 is 0 Å². The molecule has 1 heterocycles. The summed E-state index contributed by atoms with van der Waals surface area (Å²) >= 11 is 0. The second-order valence-electron chi connectivity index (χ2n) is 8.75. The largest absolute Gasteiger partial charge is 0.324 e. The van der Waals surface area contributed by atoms with Gasteiger partial charge in [-0.25, -0.2) is 9.97 Å². The highest BCUT2D eigenvalue weighted by molar-refractivity contribution is 6.03. The van der Waals surface area contributed by atoms with Gasteiger partial charge in [-0.2, -0.15) is 0 Å². The van der Waals surface area contributed by atoms with Crippen LogP contribution in [0.3, 0.4) is 0 Å². The number of carbonyl (C=O) groups is 1. The third-order valence-corrected chi connectivity index (χ3v) is 6.11. The van der Waals surface area contributed by atoms with Crippen LogP contribution in [0.2, 0.25) is 0 Å². The van der Waals surface area contributed by atoms with Crippen molar-refractivity contribution in [2.75, 3.05) is 12.4 Å². The summed E-state index contributed by atoms with van der Waals surface area (Å²) in [4.78, 5) is 23.4. The SMILES string of the molecule is Cc1cc(C(=O)Nc2cccc(C3(C(=N)N(C)C=N)CC(C)C3)c2)nc(C2CC2)n1. The van der Waals surface area contributed by atoms with Crippen molar-refractivity contribution < 1.29 is 4.79 Å². The summed E-state index contributed by atoms with van der Waals surface area (Å²) in [5.74, 6) is 1.84. The number of hydrogen-bond donors (Lipinski definition) is 3. The van der Waals surface area contributed by atoms with Gasteiger partial charge in [0.15, 0.2) is 0 Å². The Balaban J connectivity index is 1.58. The third-order valence-electron chi connectivity index (χ3n) is 6.11. The van der Waals surface area contributed by atoms with Crippen LogP contribution in [0.5, 0.6) is 0 Å². The molecule has 1 amide bonds. The Hall–Kier alpha value is -3.09. The Kier molecular flexibility index (Phi) is 5.13. The van der Waals surface area contributed by atoms with E-state index in [1.807, 2.05) is 31.2 Å². The smallest absolute Gasteiger partial charge is 0.274 e. The predicted octanol–water partition coefficient (Wildman–Crippen LogP) is 4.10. The molecule has 4 rings (SSSR count). The Morgan fingerprint density at radius 3 is 2.63 bits per heavy atom. The van der Waals surface area contributed by atoms with Crippen molar-refractivity contribution in [3.8, 4) is 0 Å². The highest BCUT2D eigenvalue weighted by Gasteiger charge is 2.48. The van der Waals surface area contributed by atoms with E-state index in [9.17, 15) is 4.79 Å². The molecule has 3 N–H and O–H groups in total. The molecule has 0 spiro atoms. The molecule has 0 unspecified atom stereocenters. The van der Waals surface area contributed by atoms with E-state index in [0.29, 0.717) is 29.1 Å². The molecule has 7 nitrogen and oxygen atoms in total. The van der Waals surface area contributed by atoms with E-state index in [-0.39, 0.29) is 5.91 Å². The van der Waals surface area contributed by atoms with E-state index >= 15 is 0 Å². The maximum absolute atomic E-state index is 12.9. The van der Waals surface area contributed by atoms with Crippen LogP contribution in [0.15, 0.2) is 30.3 Å². The number of hydrogen-bond acceptors (Lipinski definition) is 5. The van der Waals surface area contributed by atoms with Gasteiger partial charge in [-0.3, -0.25) is 15.6 Å². The zero-order valence-corrected chi connectivity index (χ0v) is 17.7. The molecule has 30 heavy (non-hydrogen) atoms. The lowest BCUT2D eigenvalue weighted by Crippen LogP contribution is -2.52. The first-order valence-corrected chi connectivity index (χ1v) is 10.4. The molecule has 0 radical (unpaired) electrons. The molecule has 2 aliphatic carbocycles. The quantitative estimate of drug-likeness (QED) is 0.498. The van der Waals surface area contributed by atoms with Crippen molar-refractivity contribution in [3.63, 3.8) is 0 Å². The number of amidine groups is 1. The minimum absolute atomic E-state index is 0.248. The minimum atomic E-state index is -0.420. The van der Waals surface area contributed by atoms with Gasteiger partial charge in [-0.05, 0) is 62.3 Å². The zero-order valence-electron chi connectivity index (χ0n) is 17.7. The van der Waals surface area contributed by atoms with Gasteiger partial charge in [-0.15, -0.1) is 0 Å². The van der Waals surface area contributed by atoms with Crippen LogP contribution < -0.4 is 5.32 Å². The maximum Gasteiger partial charge on any atom is 0.274 e. The Bertz CT molecular complexity index is 1010. The Labute approximate surface area is 177 Å². The molecule has 1 aromatic heterocycles. The molecule has 1 aromatic carbocycles. The fourth-order valence-corrected chi connectivity index (χ4v) is 4.42. The first-order valence-electron chi connectivity index (χ1n) is 10.4. The van der Waals surface area contributed by atoms with E-state index < -0.39 is 5.41 Å². The van der Waals surface area contributed by atoms with Gasteiger partial charge >= 0.3 is 0 Å². The molecule has 0 atom stereocenters. The number of nitrogens with one attached hydrogen (secondary N) is 3. The summed E-state index contributed by atoms with van der Waals surface area (Å²) in [6.07, 6.45) is 5.06. The predicted molar refractivity (Wildman–Crippen MR) is 117 cm³/mol. The number of benzene rings is 1. The van der Waals surface area contributed by atoms with E-state index in [2.05, 4.69) is 22.2 Å². The standard InChI is InChI=1S/C23H28N6O/c1-14-11-23(12-14,22(25)29(3)13-24)17-5-4-6-18(10-17)27-21(30)19-9-15(2)26-20(28-19)16-7-8-16/h4-6,9-10,13-14,16,24-25H,7-8,11-12H2,1-3H3,(H,27,30). The molecule has 0 aliphatic heterocycles. The first-order chi connectivity index (χ1) is 14.3. The van der Waals surface area contributed by atoms with Gasteiger partial charge in [0.2, 0.25) is 0 Å². The Morgan fingerprint density at radius 2 is 2.00 bits per heavy atom. The van der Waals surface area contributed by atoms with E-state index in [4.69, 9.17) is 10.8 Å². The lowest BCUT2D eigenvalue weighted by molar-refractivity contribution is 0.102. The highest BCUT2D eigenvalue weighted by Crippen LogP contribution is 2.49. The minimum Gasteiger partial charge on any atom is -0.324 e. The molecule has 0 saturated heterocycles. The molecule has 2 aliphatic rings. The van der Waals surface area contributed by atoms with Crippen molar-refractivity contribution in [1.29, 1.82) is 10.8 Å². The van der Waals surface area contributed by atoms with Crippen molar-refractivity contribution >= 4 is 23.8 Å². The third kappa shape index (κ3) is 3.72. The van der Waals surface area contributed by atoms with Crippen molar-refractivity contribution in [1.82, 2.24) is 14.9 Å². The number of likely N-dealkylation sites (N-methyl/N-ethyl adjacent to an activating group) is 1. The average molecular weight is 405 g/mol.